The third kappa shape index (κ3) is 2.38. The van der Waals surface area contributed by atoms with Crippen molar-refractivity contribution in [3.8, 4) is 10.8 Å². The van der Waals surface area contributed by atoms with Gasteiger partial charge >= 0.3 is 0 Å². The molecule has 1 aliphatic rings. The van der Waals surface area contributed by atoms with Crippen LogP contribution in [0, 0.1) is 0 Å². The molecule has 0 amide bonds. The Bertz CT molecular complexity index is 700. The zero-order chi connectivity index (χ0) is 13.4. The van der Waals surface area contributed by atoms with E-state index in [1.54, 1.807) is 23.1 Å². The van der Waals surface area contributed by atoms with Gasteiger partial charge in [0, 0.05) is 18.4 Å². The van der Waals surface area contributed by atoms with Gasteiger partial charge in [0.05, 0.1) is 10.6 Å². The van der Waals surface area contributed by atoms with Gasteiger partial charge in [0.2, 0.25) is 0 Å². The molecule has 3 aromatic rings. The van der Waals surface area contributed by atoms with E-state index >= 15 is 0 Å². The third-order valence-corrected chi connectivity index (χ3v) is 4.94. The molecule has 1 aliphatic carbocycles. The molecule has 3 aromatic heterocycles. The molecule has 3 heterocycles. The molecule has 4 rings (SSSR count). The zero-order valence-electron chi connectivity index (χ0n) is 10.6. The zero-order valence-corrected chi connectivity index (χ0v) is 12.2. The van der Waals surface area contributed by atoms with Crippen LogP contribution in [-0.4, -0.2) is 19.7 Å². The maximum absolute atomic E-state index is 5.28. The van der Waals surface area contributed by atoms with Crippen molar-refractivity contribution in [2.75, 3.05) is 0 Å². The van der Waals surface area contributed by atoms with Crippen LogP contribution < -0.4 is 0 Å². The predicted molar refractivity (Wildman–Crippen MR) is 77.7 cm³/mol. The van der Waals surface area contributed by atoms with Crippen LogP contribution in [0.1, 0.15) is 24.7 Å². The molecule has 20 heavy (non-hydrogen) atoms. The molecule has 0 bridgehead atoms. The lowest BCUT2D eigenvalue weighted by Crippen LogP contribution is -1.95. The van der Waals surface area contributed by atoms with Gasteiger partial charge in [0.25, 0.3) is 5.89 Å². The minimum absolute atomic E-state index is 0.598. The lowest BCUT2D eigenvalue weighted by Gasteiger charge is -2.03. The highest BCUT2D eigenvalue weighted by atomic mass is 32.2. The molecule has 0 saturated heterocycles. The Balaban J connectivity index is 1.45. The second-order valence-corrected chi connectivity index (χ2v) is 6.52. The highest BCUT2D eigenvalue weighted by Gasteiger charge is 2.25. The van der Waals surface area contributed by atoms with E-state index in [4.69, 9.17) is 4.52 Å². The maximum atomic E-state index is 5.28. The molecule has 5 nitrogen and oxygen atoms in total. The van der Waals surface area contributed by atoms with E-state index in [1.807, 2.05) is 29.9 Å². The van der Waals surface area contributed by atoms with Crippen molar-refractivity contribution < 1.29 is 4.52 Å². The van der Waals surface area contributed by atoms with Gasteiger partial charge in [0.15, 0.2) is 11.0 Å². The SMILES string of the molecule is c1csc(-c2nc(CSc3nccn3C3CC3)no2)c1. The molecular formula is C13H12N4OS2. The van der Waals surface area contributed by atoms with Crippen LogP contribution in [-0.2, 0) is 5.75 Å². The van der Waals surface area contributed by atoms with Crippen molar-refractivity contribution in [1.82, 2.24) is 19.7 Å². The number of hydrogen-bond acceptors (Lipinski definition) is 6. The van der Waals surface area contributed by atoms with Crippen molar-refractivity contribution in [2.24, 2.45) is 0 Å². The average Bonchev–Trinajstić information content (AvgIpc) is 2.93. The Morgan fingerprint density at radius 3 is 3.20 bits per heavy atom. The van der Waals surface area contributed by atoms with Crippen LogP contribution in [0.5, 0.6) is 0 Å². The highest BCUT2D eigenvalue weighted by molar-refractivity contribution is 7.98. The summed E-state index contributed by atoms with van der Waals surface area (Å²) in [6.45, 7) is 0. The summed E-state index contributed by atoms with van der Waals surface area (Å²) in [5.41, 5.74) is 0. The highest BCUT2D eigenvalue weighted by Crippen LogP contribution is 2.38. The fourth-order valence-corrected chi connectivity index (χ4v) is 3.50. The monoisotopic (exact) mass is 304 g/mol. The molecule has 102 valence electrons. The number of rotatable bonds is 5. The number of hydrogen-bond donors (Lipinski definition) is 0. The second kappa shape index (κ2) is 5.06. The fraction of sp³-hybridized carbons (Fsp3) is 0.308. The van der Waals surface area contributed by atoms with Crippen LogP contribution in [0.3, 0.4) is 0 Å². The molecule has 0 spiro atoms. The van der Waals surface area contributed by atoms with Crippen molar-refractivity contribution in [3.63, 3.8) is 0 Å². The van der Waals surface area contributed by atoms with E-state index < -0.39 is 0 Å². The molecule has 1 saturated carbocycles. The normalized spacial score (nSPS) is 14.8. The molecule has 0 radical (unpaired) electrons. The number of nitrogens with zero attached hydrogens (tertiary/aromatic N) is 4. The summed E-state index contributed by atoms with van der Waals surface area (Å²) >= 11 is 3.26. The third-order valence-electron chi connectivity index (χ3n) is 3.10. The summed E-state index contributed by atoms with van der Waals surface area (Å²) in [5.74, 6) is 1.99. The first kappa shape index (κ1) is 12.2. The minimum atomic E-state index is 0.598. The molecule has 0 atom stereocenters. The van der Waals surface area contributed by atoms with Crippen molar-refractivity contribution in [2.45, 2.75) is 29.8 Å². The van der Waals surface area contributed by atoms with Gasteiger partial charge in [-0.25, -0.2) is 4.98 Å². The van der Waals surface area contributed by atoms with E-state index in [2.05, 4.69) is 19.7 Å². The van der Waals surface area contributed by atoms with E-state index in [0.29, 0.717) is 23.5 Å². The average molecular weight is 304 g/mol. The van der Waals surface area contributed by atoms with E-state index in [0.717, 1.165) is 10.0 Å². The van der Waals surface area contributed by atoms with Crippen LogP contribution in [0.25, 0.3) is 10.8 Å². The van der Waals surface area contributed by atoms with Gasteiger partial charge in [-0.3, -0.25) is 0 Å². The molecule has 0 N–H and O–H groups in total. The molecule has 0 unspecified atom stereocenters. The van der Waals surface area contributed by atoms with Crippen LogP contribution in [0.15, 0.2) is 39.6 Å². The van der Waals surface area contributed by atoms with E-state index in [1.165, 1.54) is 12.8 Å². The summed E-state index contributed by atoms with van der Waals surface area (Å²) in [7, 11) is 0. The fourth-order valence-electron chi connectivity index (χ4n) is 1.98. The minimum Gasteiger partial charge on any atom is -0.333 e. The largest absolute Gasteiger partial charge is 0.333 e. The van der Waals surface area contributed by atoms with Crippen molar-refractivity contribution >= 4 is 23.1 Å². The number of imidazole rings is 1. The number of thioether (sulfide) groups is 1. The summed E-state index contributed by atoms with van der Waals surface area (Å²) < 4.78 is 7.52. The summed E-state index contributed by atoms with van der Waals surface area (Å²) in [6.07, 6.45) is 6.42. The first-order valence-electron chi connectivity index (χ1n) is 6.42. The first-order chi connectivity index (χ1) is 9.90. The lowest BCUT2D eigenvalue weighted by molar-refractivity contribution is 0.426. The van der Waals surface area contributed by atoms with Gasteiger partial charge in [-0.2, -0.15) is 4.98 Å². The first-order valence-corrected chi connectivity index (χ1v) is 8.29. The van der Waals surface area contributed by atoms with Crippen LogP contribution >= 0.6 is 23.1 Å². The molecular weight excluding hydrogens is 292 g/mol. The summed E-state index contributed by atoms with van der Waals surface area (Å²) in [6, 6.07) is 4.60. The number of aromatic nitrogens is 4. The van der Waals surface area contributed by atoms with Crippen LogP contribution in [0.4, 0.5) is 0 Å². The number of thiophene rings is 1. The maximum Gasteiger partial charge on any atom is 0.268 e. The van der Waals surface area contributed by atoms with Crippen LogP contribution in [0.2, 0.25) is 0 Å². The van der Waals surface area contributed by atoms with Gasteiger partial charge < -0.3 is 9.09 Å². The standard InChI is InChI=1S/C13H12N4OS2/c1-2-10(19-7-1)12-15-11(16-18-12)8-20-13-14-5-6-17(13)9-3-4-9/h1-2,5-7,9H,3-4,8H2. The quantitative estimate of drug-likeness (QED) is 0.674. The molecule has 0 aromatic carbocycles. The topological polar surface area (TPSA) is 56.7 Å². The Labute approximate surface area is 124 Å². The predicted octanol–water partition coefficient (Wildman–Crippen LogP) is 3.62. The van der Waals surface area contributed by atoms with E-state index in [-0.39, 0.29) is 0 Å². The smallest absolute Gasteiger partial charge is 0.268 e. The molecule has 7 heteroatoms. The van der Waals surface area contributed by atoms with Gasteiger partial charge in [0.1, 0.15) is 0 Å². The van der Waals surface area contributed by atoms with Gasteiger partial charge in [-0.1, -0.05) is 23.0 Å². The van der Waals surface area contributed by atoms with E-state index in [9.17, 15) is 0 Å². The Hall–Kier alpha value is -1.60. The Kier molecular flexibility index (Phi) is 3.08. The summed E-state index contributed by atoms with van der Waals surface area (Å²) in [5, 5.41) is 7.06. The molecule has 0 aliphatic heterocycles. The van der Waals surface area contributed by atoms with Gasteiger partial charge in [-0.15, -0.1) is 11.3 Å². The Morgan fingerprint density at radius 1 is 1.45 bits per heavy atom. The van der Waals surface area contributed by atoms with Gasteiger partial charge in [-0.05, 0) is 24.3 Å². The Morgan fingerprint density at radius 2 is 2.40 bits per heavy atom. The summed E-state index contributed by atoms with van der Waals surface area (Å²) in [4.78, 5) is 9.82. The second-order valence-electron chi connectivity index (χ2n) is 4.63. The molecule has 1 fully saturated rings. The lowest BCUT2D eigenvalue weighted by atomic mass is 10.5. The van der Waals surface area contributed by atoms with Crippen molar-refractivity contribution in [1.29, 1.82) is 0 Å². The van der Waals surface area contributed by atoms with Crippen molar-refractivity contribution in [3.05, 3.63) is 35.7 Å².